The van der Waals surface area contributed by atoms with Gasteiger partial charge in [-0.15, -0.1) is 0 Å². The van der Waals surface area contributed by atoms with Gasteiger partial charge in [0.05, 0.1) is 0 Å². The summed E-state index contributed by atoms with van der Waals surface area (Å²) in [7, 11) is 0. The molecule has 1 aromatic rings. The Labute approximate surface area is 125 Å². The fraction of sp³-hybridized carbons (Fsp3) is 0.684. The second kappa shape index (κ2) is 6.30. The van der Waals surface area contributed by atoms with Gasteiger partial charge in [0.2, 0.25) is 0 Å². The van der Waals surface area contributed by atoms with Crippen molar-refractivity contribution in [2.45, 2.75) is 72.3 Å². The van der Waals surface area contributed by atoms with Crippen LogP contribution in [-0.2, 0) is 6.42 Å². The van der Waals surface area contributed by atoms with Crippen LogP contribution in [0.5, 0.6) is 0 Å². The second-order valence-electron chi connectivity index (χ2n) is 7.10. The van der Waals surface area contributed by atoms with Gasteiger partial charge in [-0.2, -0.15) is 0 Å². The molecule has 1 unspecified atom stereocenters. The number of hydrogen-bond acceptors (Lipinski definition) is 1. The van der Waals surface area contributed by atoms with Crippen molar-refractivity contribution in [3.63, 3.8) is 0 Å². The van der Waals surface area contributed by atoms with Crippen LogP contribution in [0.2, 0.25) is 0 Å². The normalized spacial score (nSPS) is 23.9. The van der Waals surface area contributed by atoms with Crippen molar-refractivity contribution >= 4 is 0 Å². The Morgan fingerprint density at radius 1 is 1.05 bits per heavy atom. The van der Waals surface area contributed by atoms with Crippen molar-refractivity contribution in [2.75, 3.05) is 6.54 Å². The maximum Gasteiger partial charge on any atom is 0.0244 e. The number of hydrogen-bond donors (Lipinski definition) is 1. The van der Waals surface area contributed by atoms with Crippen LogP contribution in [0.3, 0.4) is 0 Å². The average molecular weight is 273 g/mol. The molecule has 1 N–H and O–H groups in total. The largest absolute Gasteiger partial charge is 0.311 e. The van der Waals surface area contributed by atoms with Crippen molar-refractivity contribution in [3.05, 3.63) is 34.4 Å². The molecule has 1 saturated heterocycles. The van der Waals surface area contributed by atoms with Crippen molar-refractivity contribution in [2.24, 2.45) is 5.92 Å². The van der Waals surface area contributed by atoms with Crippen LogP contribution < -0.4 is 5.32 Å². The predicted molar refractivity (Wildman–Crippen MR) is 88.4 cm³/mol. The quantitative estimate of drug-likeness (QED) is 0.841. The van der Waals surface area contributed by atoms with E-state index in [0.717, 1.165) is 0 Å². The number of nitrogens with one attached hydrogen (secondary N) is 1. The lowest BCUT2D eigenvalue weighted by atomic mass is 9.76. The van der Waals surface area contributed by atoms with E-state index in [4.69, 9.17) is 0 Å². The minimum absolute atomic E-state index is 0.293. The van der Waals surface area contributed by atoms with E-state index in [9.17, 15) is 0 Å². The van der Waals surface area contributed by atoms with Crippen LogP contribution in [0, 0.1) is 26.7 Å². The number of aryl methyl sites for hydroxylation is 3. The molecule has 1 fully saturated rings. The Morgan fingerprint density at radius 3 is 2.30 bits per heavy atom. The van der Waals surface area contributed by atoms with Crippen molar-refractivity contribution in [3.8, 4) is 0 Å². The lowest BCUT2D eigenvalue weighted by molar-refractivity contribution is 0.225. The molecule has 1 aromatic carbocycles. The van der Waals surface area contributed by atoms with Gasteiger partial charge in [-0.05, 0) is 69.2 Å². The van der Waals surface area contributed by atoms with Crippen LogP contribution in [0.25, 0.3) is 0 Å². The molecule has 112 valence electrons. The fourth-order valence-corrected chi connectivity index (χ4v) is 3.82. The van der Waals surface area contributed by atoms with Crippen LogP contribution in [-0.4, -0.2) is 12.1 Å². The first kappa shape index (κ1) is 15.6. The Balaban J connectivity index is 2.33. The summed E-state index contributed by atoms with van der Waals surface area (Å²) in [5, 5.41) is 3.91. The van der Waals surface area contributed by atoms with Gasteiger partial charge in [-0.1, -0.05) is 44.4 Å². The number of rotatable bonds is 3. The highest BCUT2D eigenvalue weighted by Gasteiger charge is 2.34. The van der Waals surface area contributed by atoms with Gasteiger partial charge in [0.15, 0.2) is 0 Å². The molecular formula is C19H31N. The Morgan fingerprint density at radius 2 is 1.70 bits per heavy atom. The van der Waals surface area contributed by atoms with Gasteiger partial charge in [0.1, 0.15) is 0 Å². The van der Waals surface area contributed by atoms with Crippen molar-refractivity contribution in [1.29, 1.82) is 0 Å². The molecular weight excluding hydrogens is 242 g/mol. The highest BCUT2D eigenvalue weighted by atomic mass is 15.0. The Hall–Kier alpha value is -0.820. The summed E-state index contributed by atoms with van der Waals surface area (Å²) in [5.74, 6) is 0.681. The van der Waals surface area contributed by atoms with Gasteiger partial charge in [-0.25, -0.2) is 0 Å². The van der Waals surface area contributed by atoms with Gasteiger partial charge in [0.25, 0.3) is 0 Å². The Bertz CT molecular complexity index is 428. The first-order chi connectivity index (χ1) is 9.44. The molecule has 0 bridgehead atoms. The molecule has 1 atom stereocenters. The van der Waals surface area contributed by atoms with Crippen molar-refractivity contribution < 1.29 is 0 Å². The minimum atomic E-state index is 0.293. The molecule has 1 heterocycles. The highest BCUT2D eigenvalue weighted by Crippen LogP contribution is 2.32. The van der Waals surface area contributed by atoms with Crippen LogP contribution in [0.15, 0.2) is 12.1 Å². The molecule has 0 aliphatic carbocycles. The molecule has 0 aromatic heterocycles. The van der Waals surface area contributed by atoms with E-state index in [2.05, 4.69) is 52.1 Å². The molecule has 1 aliphatic rings. The Kier molecular flexibility index (Phi) is 4.90. The molecule has 2 rings (SSSR count). The summed E-state index contributed by atoms with van der Waals surface area (Å²) in [6, 6.07) is 4.68. The van der Waals surface area contributed by atoms with Gasteiger partial charge in [-0.3, -0.25) is 0 Å². The molecule has 0 radical (unpaired) electrons. The average Bonchev–Trinajstić information content (AvgIpc) is 2.60. The van der Waals surface area contributed by atoms with Gasteiger partial charge in [0, 0.05) is 5.54 Å². The smallest absolute Gasteiger partial charge is 0.0244 e. The summed E-state index contributed by atoms with van der Waals surface area (Å²) in [6.45, 7) is 12.7. The standard InChI is InChI=1S/C19H31N/c1-14(2)19(9-7-6-8-10-20-19)13-18-16(4)11-15(3)12-17(18)5/h11-12,14,20H,6-10,13H2,1-5H3. The van der Waals surface area contributed by atoms with E-state index in [1.807, 2.05) is 0 Å². The summed E-state index contributed by atoms with van der Waals surface area (Å²) >= 11 is 0. The van der Waals surface area contributed by atoms with Crippen LogP contribution in [0.4, 0.5) is 0 Å². The maximum atomic E-state index is 3.91. The molecule has 1 heteroatoms. The molecule has 0 saturated carbocycles. The SMILES string of the molecule is Cc1cc(C)c(CC2(C(C)C)CCCCCN2)c(C)c1. The summed E-state index contributed by atoms with van der Waals surface area (Å²) in [5.41, 5.74) is 6.18. The molecule has 0 amide bonds. The zero-order valence-corrected chi connectivity index (χ0v) is 14.0. The minimum Gasteiger partial charge on any atom is -0.311 e. The van der Waals surface area contributed by atoms with E-state index in [1.54, 1.807) is 5.56 Å². The predicted octanol–water partition coefficient (Wildman–Crippen LogP) is 4.71. The van der Waals surface area contributed by atoms with Gasteiger partial charge < -0.3 is 5.32 Å². The molecule has 0 spiro atoms. The lowest BCUT2D eigenvalue weighted by Crippen LogP contribution is -2.51. The van der Waals surface area contributed by atoms with Crippen molar-refractivity contribution in [1.82, 2.24) is 5.32 Å². The molecule has 1 aliphatic heterocycles. The third-order valence-electron chi connectivity index (χ3n) is 5.21. The third-order valence-corrected chi connectivity index (χ3v) is 5.21. The zero-order chi connectivity index (χ0) is 14.8. The topological polar surface area (TPSA) is 12.0 Å². The van der Waals surface area contributed by atoms with Crippen LogP contribution >= 0.6 is 0 Å². The summed E-state index contributed by atoms with van der Waals surface area (Å²) < 4.78 is 0. The van der Waals surface area contributed by atoms with E-state index < -0.39 is 0 Å². The summed E-state index contributed by atoms with van der Waals surface area (Å²) in [6.07, 6.45) is 6.59. The third kappa shape index (κ3) is 3.25. The van der Waals surface area contributed by atoms with Gasteiger partial charge >= 0.3 is 0 Å². The molecule has 20 heavy (non-hydrogen) atoms. The second-order valence-corrected chi connectivity index (χ2v) is 7.10. The molecule has 1 nitrogen and oxygen atoms in total. The van der Waals surface area contributed by atoms with E-state index in [-0.39, 0.29) is 0 Å². The maximum absolute atomic E-state index is 3.91. The van der Waals surface area contributed by atoms with Crippen LogP contribution in [0.1, 0.15) is 61.8 Å². The highest BCUT2D eigenvalue weighted by molar-refractivity contribution is 5.38. The first-order valence-electron chi connectivity index (χ1n) is 8.26. The fourth-order valence-electron chi connectivity index (χ4n) is 3.82. The van der Waals surface area contributed by atoms with E-state index >= 15 is 0 Å². The number of benzene rings is 1. The summed E-state index contributed by atoms with van der Waals surface area (Å²) in [4.78, 5) is 0. The monoisotopic (exact) mass is 273 g/mol. The lowest BCUT2D eigenvalue weighted by Gasteiger charge is -2.39. The zero-order valence-electron chi connectivity index (χ0n) is 14.0. The first-order valence-corrected chi connectivity index (χ1v) is 8.26. The van der Waals surface area contributed by atoms with E-state index in [0.29, 0.717) is 11.5 Å². The van der Waals surface area contributed by atoms with E-state index in [1.165, 1.54) is 55.3 Å².